The van der Waals surface area contributed by atoms with Gasteiger partial charge in [-0.2, -0.15) is 0 Å². The Labute approximate surface area is 132 Å². The second-order valence-electron chi connectivity index (χ2n) is 4.63. The average molecular weight is 355 g/mol. The van der Waals surface area contributed by atoms with Crippen LogP contribution < -0.4 is 5.32 Å². The van der Waals surface area contributed by atoms with Crippen LogP contribution in [0.5, 0.6) is 0 Å². The lowest BCUT2D eigenvalue weighted by atomic mass is 10.2. The van der Waals surface area contributed by atoms with Gasteiger partial charge in [0.05, 0.1) is 0 Å². The molecule has 0 amide bonds. The molecule has 0 fully saturated rings. The van der Waals surface area contributed by atoms with Gasteiger partial charge in [0.15, 0.2) is 5.16 Å². The van der Waals surface area contributed by atoms with Crippen molar-refractivity contribution in [3.8, 4) is 0 Å². The van der Waals surface area contributed by atoms with Gasteiger partial charge in [0.2, 0.25) is 0 Å². The summed E-state index contributed by atoms with van der Waals surface area (Å²) in [6, 6.07) is 6.44. The molecule has 1 heterocycles. The molecule has 4 nitrogen and oxygen atoms in total. The highest BCUT2D eigenvalue weighted by Gasteiger charge is 2.09. The van der Waals surface area contributed by atoms with Crippen LogP contribution in [0.25, 0.3) is 0 Å². The summed E-state index contributed by atoms with van der Waals surface area (Å²) in [5, 5.41) is 12.6. The quantitative estimate of drug-likeness (QED) is 0.805. The van der Waals surface area contributed by atoms with Gasteiger partial charge in [-0.25, -0.2) is 0 Å². The van der Waals surface area contributed by atoms with E-state index in [0.717, 1.165) is 39.9 Å². The lowest BCUT2D eigenvalue weighted by Gasteiger charge is -2.08. The number of nitrogens with zero attached hydrogens (tertiary/aromatic N) is 3. The number of hydrogen-bond donors (Lipinski definition) is 1. The van der Waals surface area contributed by atoms with Crippen molar-refractivity contribution < 1.29 is 0 Å². The lowest BCUT2D eigenvalue weighted by Crippen LogP contribution is -2.13. The number of aromatic nitrogens is 3. The van der Waals surface area contributed by atoms with Crippen molar-refractivity contribution in [1.82, 2.24) is 20.1 Å². The molecule has 0 aliphatic carbocycles. The van der Waals surface area contributed by atoms with Gasteiger partial charge in [0, 0.05) is 23.0 Å². The first-order chi connectivity index (χ1) is 9.61. The van der Waals surface area contributed by atoms with Crippen molar-refractivity contribution in [2.24, 2.45) is 7.05 Å². The van der Waals surface area contributed by atoms with Crippen LogP contribution in [0.3, 0.4) is 0 Å². The topological polar surface area (TPSA) is 42.7 Å². The van der Waals surface area contributed by atoms with E-state index in [-0.39, 0.29) is 0 Å². The summed E-state index contributed by atoms with van der Waals surface area (Å²) >= 11 is 5.26. The Morgan fingerprint density at radius 3 is 2.75 bits per heavy atom. The van der Waals surface area contributed by atoms with Crippen LogP contribution >= 0.6 is 27.7 Å². The monoisotopic (exact) mass is 354 g/mol. The van der Waals surface area contributed by atoms with E-state index in [2.05, 4.69) is 56.6 Å². The van der Waals surface area contributed by atoms with Gasteiger partial charge < -0.3 is 9.88 Å². The minimum atomic E-state index is 0.903. The molecule has 0 aliphatic heterocycles. The molecule has 0 atom stereocenters. The van der Waals surface area contributed by atoms with Crippen LogP contribution in [0, 0.1) is 6.92 Å². The third kappa shape index (κ3) is 3.84. The molecule has 1 aromatic heterocycles. The van der Waals surface area contributed by atoms with Crippen molar-refractivity contribution >= 4 is 27.7 Å². The van der Waals surface area contributed by atoms with Crippen molar-refractivity contribution in [2.45, 2.75) is 36.9 Å². The fraction of sp³-hybridized carbons (Fsp3) is 0.429. The third-order valence-electron chi connectivity index (χ3n) is 3.01. The lowest BCUT2D eigenvalue weighted by molar-refractivity contribution is 0.675. The maximum Gasteiger partial charge on any atom is 0.195 e. The highest BCUT2D eigenvalue weighted by molar-refractivity contribution is 9.10. The minimum absolute atomic E-state index is 0.903. The third-order valence-corrected chi connectivity index (χ3v) is 5.04. The van der Waals surface area contributed by atoms with Crippen LogP contribution in [0.4, 0.5) is 0 Å². The smallest absolute Gasteiger partial charge is 0.195 e. The maximum atomic E-state index is 4.18. The van der Waals surface area contributed by atoms with E-state index in [9.17, 15) is 0 Å². The van der Waals surface area contributed by atoms with E-state index in [1.807, 2.05) is 18.5 Å². The van der Waals surface area contributed by atoms with Gasteiger partial charge in [-0.05, 0) is 65.3 Å². The number of benzene rings is 1. The van der Waals surface area contributed by atoms with Crippen molar-refractivity contribution in [2.75, 3.05) is 6.54 Å². The van der Waals surface area contributed by atoms with E-state index < -0.39 is 0 Å². The Morgan fingerprint density at radius 1 is 1.35 bits per heavy atom. The summed E-state index contributed by atoms with van der Waals surface area (Å²) < 4.78 is 3.09. The van der Waals surface area contributed by atoms with E-state index in [1.165, 1.54) is 5.56 Å². The van der Waals surface area contributed by atoms with Gasteiger partial charge in [-0.1, -0.05) is 13.0 Å². The van der Waals surface area contributed by atoms with Crippen LogP contribution in [0.1, 0.15) is 24.7 Å². The SMILES string of the molecule is CCCNCc1ccc(Sc2nnc(C)n2C)c(Br)c1. The zero-order valence-corrected chi connectivity index (χ0v) is 14.4. The van der Waals surface area contributed by atoms with Gasteiger partial charge in [0.25, 0.3) is 0 Å². The molecule has 108 valence electrons. The minimum Gasteiger partial charge on any atom is -0.313 e. The summed E-state index contributed by atoms with van der Waals surface area (Å²) in [7, 11) is 1.98. The highest BCUT2D eigenvalue weighted by atomic mass is 79.9. The Bertz CT molecular complexity index is 583. The van der Waals surface area contributed by atoms with Gasteiger partial charge in [-0.3, -0.25) is 0 Å². The molecule has 0 spiro atoms. The van der Waals surface area contributed by atoms with Crippen LogP contribution in [-0.2, 0) is 13.6 Å². The molecule has 2 aromatic rings. The molecule has 1 N–H and O–H groups in total. The molecule has 0 saturated heterocycles. The largest absolute Gasteiger partial charge is 0.313 e. The van der Waals surface area contributed by atoms with Crippen molar-refractivity contribution in [3.63, 3.8) is 0 Å². The first-order valence-electron chi connectivity index (χ1n) is 6.64. The van der Waals surface area contributed by atoms with E-state index in [4.69, 9.17) is 0 Å². The molecule has 6 heteroatoms. The summed E-state index contributed by atoms with van der Waals surface area (Å²) in [6.07, 6.45) is 1.15. The van der Waals surface area contributed by atoms with E-state index in [0.29, 0.717) is 0 Å². The predicted molar refractivity (Wildman–Crippen MR) is 86.0 cm³/mol. The fourth-order valence-electron chi connectivity index (χ4n) is 1.72. The normalized spacial score (nSPS) is 11.0. The van der Waals surface area contributed by atoms with Crippen molar-refractivity contribution in [1.29, 1.82) is 0 Å². The first kappa shape index (κ1) is 15.5. The van der Waals surface area contributed by atoms with Crippen molar-refractivity contribution in [3.05, 3.63) is 34.1 Å². The van der Waals surface area contributed by atoms with E-state index in [1.54, 1.807) is 11.8 Å². The Kier molecular flexibility index (Phi) is 5.63. The van der Waals surface area contributed by atoms with Crippen LogP contribution in [-0.4, -0.2) is 21.3 Å². The number of rotatable bonds is 6. The maximum absolute atomic E-state index is 4.18. The summed E-state index contributed by atoms with van der Waals surface area (Å²) in [5.41, 5.74) is 1.28. The fourth-order valence-corrected chi connectivity index (χ4v) is 3.23. The summed E-state index contributed by atoms with van der Waals surface area (Å²) in [5.74, 6) is 0.920. The molecule has 1 aromatic carbocycles. The summed E-state index contributed by atoms with van der Waals surface area (Å²) in [4.78, 5) is 1.15. The second-order valence-corrected chi connectivity index (χ2v) is 6.50. The average Bonchev–Trinajstić information content (AvgIpc) is 2.74. The number of nitrogens with one attached hydrogen (secondary N) is 1. The molecular formula is C14H19BrN4S. The van der Waals surface area contributed by atoms with Crippen LogP contribution in [0.15, 0.2) is 32.7 Å². The number of halogens is 1. The summed E-state index contributed by atoms with van der Waals surface area (Å²) in [6.45, 7) is 6.08. The standard InChI is InChI=1S/C14H19BrN4S/c1-4-7-16-9-11-5-6-13(12(15)8-11)20-14-18-17-10(2)19(14)3/h5-6,8,16H,4,7,9H2,1-3H3. The molecule has 0 saturated carbocycles. The molecule has 20 heavy (non-hydrogen) atoms. The van der Waals surface area contributed by atoms with Gasteiger partial charge >= 0.3 is 0 Å². The Morgan fingerprint density at radius 2 is 2.15 bits per heavy atom. The molecule has 0 aliphatic rings. The molecule has 2 rings (SSSR count). The second kappa shape index (κ2) is 7.24. The molecule has 0 bridgehead atoms. The predicted octanol–water partition coefficient (Wildman–Crippen LogP) is 3.54. The van der Waals surface area contributed by atoms with Gasteiger partial charge in [0.1, 0.15) is 5.82 Å². The molecule has 0 unspecified atom stereocenters. The molecular weight excluding hydrogens is 336 g/mol. The number of aryl methyl sites for hydroxylation is 1. The van der Waals surface area contributed by atoms with Crippen LogP contribution in [0.2, 0.25) is 0 Å². The van der Waals surface area contributed by atoms with E-state index >= 15 is 0 Å². The zero-order chi connectivity index (χ0) is 14.5. The Hall–Kier alpha value is -0.850. The first-order valence-corrected chi connectivity index (χ1v) is 8.25. The Balaban J connectivity index is 2.08. The number of hydrogen-bond acceptors (Lipinski definition) is 4. The highest BCUT2D eigenvalue weighted by Crippen LogP contribution is 2.33. The zero-order valence-electron chi connectivity index (χ0n) is 12.0. The van der Waals surface area contributed by atoms with Gasteiger partial charge in [-0.15, -0.1) is 10.2 Å². The molecule has 0 radical (unpaired) electrons.